The number of rotatable bonds is 6. The molecule has 0 aliphatic heterocycles. The number of nitrogens with zero attached hydrogens (tertiary/aromatic N) is 1. The SMILES string of the molecule is C=C(C)[C@H](C)Nc1c(Nc2cccc(C(=O)N(C)C)c2O)c(=O)c1=O. The lowest BCUT2D eigenvalue weighted by Crippen LogP contribution is -2.38. The Morgan fingerprint density at radius 1 is 1.20 bits per heavy atom. The van der Waals surface area contributed by atoms with E-state index in [1.54, 1.807) is 27.1 Å². The van der Waals surface area contributed by atoms with Crippen LogP contribution in [0.2, 0.25) is 0 Å². The minimum Gasteiger partial charge on any atom is -0.505 e. The van der Waals surface area contributed by atoms with Gasteiger partial charge in [0.25, 0.3) is 16.8 Å². The largest absolute Gasteiger partial charge is 0.505 e. The van der Waals surface area contributed by atoms with Crippen LogP contribution in [0.25, 0.3) is 0 Å². The van der Waals surface area contributed by atoms with Crippen LogP contribution in [0, 0.1) is 0 Å². The molecular weight excluding hydrogens is 322 g/mol. The quantitative estimate of drug-likeness (QED) is 0.420. The second-order valence-electron chi connectivity index (χ2n) is 6.15. The smallest absolute Gasteiger partial charge is 0.257 e. The summed E-state index contributed by atoms with van der Waals surface area (Å²) >= 11 is 0. The molecule has 0 aliphatic rings. The first-order valence-corrected chi connectivity index (χ1v) is 7.71. The second kappa shape index (κ2) is 6.80. The van der Waals surface area contributed by atoms with E-state index in [0.717, 1.165) is 5.57 Å². The normalized spacial score (nSPS) is 11.8. The van der Waals surface area contributed by atoms with Crippen molar-refractivity contribution in [2.75, 3.05) is 24.7 Å². The van der Waals surface area contributed by atoms with Crippen molar-refractivity contribution in [3.05, 3.63) is 56.4 Å². The molecule has 132 valence electrons. The van der Waals surface area contributed by atoms with E-state index in [2.05, 4.69) is 17.2 Å². The molecule has 0 fully saturated rings. The zero-order valence-corrected chi connectivity index (χ0v) is 14.6. The van der Waals surface area contributed by atoms with E-state index < -0.39 is 10.9 Å². The molecule has 7 nitrogen and oxygen atoms in total. The van der Waals surface area contributed by atoms with Gasteiger partial charge in [-0.25, -0.2) is 0 Å². The zero-order valence-electron chi connectivity index (χ0n) is 14.6. The maximum Gasteiger partial charge on any atom is 0.257 e. The Morgan fingerprint density at radius 2 is 1.80 bits per heavy atom. The van der Waals surface area contributed by atoms with Gasteiger partial charge in [0.2, 0.25) is 0 Å². The van der Waals surface area contributed by atoms with Gasteiger partial charge in [0.1, 0.15) is 11.4 Å². The van der Waals surface area contributed by atoms with Gasteiger partial charge < -0.3 is 20.6 Å². The van der Waals surface area contributed by atoms with Crippen molar-refractivity contribution in [3.63, 3.8) is 0 Å². The number of carbonyl (C=O) groups is 1. The topological polar surface area (TPSA) is 98.7 Å². The first-order chi connectivity index (χ1) is 11.6. The standard InChI is InChI=1S/C18H21N3O4/c1-9(2)10(3)19-13-14(17(24)16(13)23)20-12-8-6-7-11(15(12)22)18(25)21(4)5/h6-8,10,19-20,22H,1H2,2-5H3/t10-/m0/s1. The fraction of sp³-hybridized carbons (Fsp3) is 0.278. The molecule has 7 heteroatoms. The number of phenolic OH excluding ortho intramolecular Hbond substituents is 1. The van der Waals surface area contributed by atoms with E-state index in [0.29, 0.717) is 0 Å². The summed E-state index contributed by atoms with van der Waals surface area (Å²) in [5.41, 5.74) is -0.0346. The minimum absolute atomic E-state index is 0.0582. The third-order valence-electron chi connectivity index (χ3n) is 3.94. The molecule has 2 aromatic carbocycles. The lowest BCUT2D eigenvalue weighted by molar-refractivity contribution is 0.0824. The van der Waals surface area contributed by atoms with Crippen molar-refractivity contribution in [1.82, 2.24) is 4.90 Å². The molecule has 0 aromatic heterocycles. The van der Waals surface area contributed by atoms with Crippen LogP contribution in [-0.4, -0.2) is 36.1 Å². The lowest BCUT2D eigenvalue weighted by atomic mass is 10.1. The number of nitrogens with one attached hydrogen (secondary N) is 2. The van der Waals surface area contributed by atoms with Crippen LogP contribution in [0.3, 0.4) is 0 Å². The van der Waals surface area contributed by atoms with E-state index in [1.165, 1.54) is 17.0 Å². The molecule has 0 heterocycles. The van der Waals surface area contributed by atoms with Crippen molar-refractivity contribution in [2.45, 2.75) is 19.9 Å². The number of aromatic hydroxyl groups is 1. The van der Waals surface area contributed by atoms with Crippen LogP contribution in [0.5, 0.6) is 5.75 Å². The summed E-state index contributed by atoms with van der Waals surface area (Å²) in [7, 11) is 3.14. The van der Waals surface area contributed by atoms with E-state index in [4.69, 9.17) is 0 Å². The number of para-hydroxylation sites is 1. The molecule has 0 saturated carbocycles. The van der Waals surface area contributed by atoms with Gasteiger partial charge in [-0.3, -0.25) is 14.4 Å². The highest BCUT2D eigenvalue weighted by Gasteiger charge is 2.24. The van der Waals surface area contributed by atoms with Crippen LogP contribution < -0.4 is 21.5 Å². The predicted octanol–water partition coefficient (Wildman–Crippen LogP) is 1.81. The molecule has 0 saturated heterocycles. The molecule has 0 radical (unpaired) electrons. The fourth-order valence-electron chi connectivity index (χ4n) is 2.18. The molecular formula is C18H21N3O4. The average Bonchev–Trinajstić information content (AvgIpc) is 2.57. The third kappa shape index (κ3) is 3.40. The summed E-state index contributed by atoms with van der Waals surface area (Å²) in [6.45, 7) is 7.42. The van der Waals surface area contributed by atoms with Crippen LogP contribution in [-0.2, 0) is 0 Å². The monoisotopic (exact) mass is 343 g/mol. The number of benzene rings is 1. The van der Waals surface area contributed by atoms with Crippen molar-refractivity contribution >= 4 is 23.0 Å². The summed E-state index contributed by atoms with van der Waals surface area (Å²) in [5, 5.41) is 16.0. The summed E-state index contributed by atoms with van der Waals surface area (Å²) in [6.07, 6.45) is 0. The van der Waals surface area contributed by atoms with Crippen LogP contribution in [0.4, 0.5) is 17.1 Å². The highest BCUT2D eigenvalue weighted by molar-refractivity contribution is 5.99. The molecule has 0 bridgehead atoms. The predicted molar refractivity (Wildman–Crippen MR) is 98.7 cm³/mol. The van der Waals surface area contributed by atoms with Gasteiger partial charge in [-0.2, -0.15) is 0 Å². The number of anilines is 3. The number of hydrogen-bond acceptors (Lipinski definition) is 6. The van der Waals surface area contributed by atoms with E-state index in [-0.39, 0.29) is 40.3 Å². The van der Waals surface area contributed by atoms with Gasteiger partial charge in [0.15, 0.2) is 5.75 Å². The van der Waals surface area contributed by atoms with Crippen molar-refractivity contribution in [3.8, 4) is 5.75 Å². The highest BCUT2D eigenvalue weighted by atomic mass is 16.3. The first kappa shape index (κ1) is 18.3. The fourth-order valence-corrected chi connectivity index (χ4v) is 2.18. The molecule has 2 aromatic rings. The van der Waals surface area contributed by atoms with E-state index >= 15 is 0 Å². The second-order valence-corrected chi connectivity index (χ2v) is 6.15. The molecule has 1 atom stereocenters. The number of phenols is 1. The molecule has 0 spiro atoms. The van der Waals surface area contributed by atoms with Crippen LogP contribution in [0.15, 0.2) is 39.9 Å². The molecule has 2 rings (SSSR count). The number of hydrogen-bond donors (Lipinski definition) is 3. The maximum absolute atomic E-state index is 12.1. The Hall–Kier alpha value is -3.09. The number of amides is 1. The maximum atomic E-state index is 12.1. The van der Waals surface area contributed by atoms with Gasteiger partial charge in [0.05, 0.1) is 11.3 Å². The Bertz CT molecular complexity index is 908. The minimum atomic E-state index is -0.680. The van der Waals surface area contributed by atoms with Gasteiger partial charge in [-0.05, 0) is 26.0 Å². The highest BCUT2D eigenvalue weighted by Crippen LogP contribution is 2.32. The van der Waals surface area contributed by atoms with Gasteiger partial charge >= 0.3 is 0 Å². The van der Waals surface area contributed by atoms with Crippen LogP contribution in [0.1, 0.15) is 24.2 Å². The van der Waals surface area contributed by atoms with Gasteiger partial charge in [-0.1, -0.05) is 18.2 Å². The molecule has 25 heavy (non-hydrogen) atoms. The third-order valence-corrected chi connectivity index (χ3v) is 3.94. The zero-order chi connectivity index (χ0) is 18.9. The Kier molecular flexibility index (Phi) is 4.97. The number of carbonyl (C=O) groups excluding carboxylic acids is 1. The van der Waals surface area contributed by atoms with Crippen molar-refractivity contribution in [1.29, 1.82) is 0 Å². The summed E-state index contributed by atoms with van der Waals surface area (Å²) in [6, 6.07) is 4.38. The molecule has 1 amide bonds. The molecule has 3 N–H and O–H groups in total. The summed E-state index contributed by atoms with van der Waals surface area (Å²) in [5.74, 6) is -0.659. The van der Waals surface area contributed by atoms with Gasteiger partial charge in [-0.15, -0.1) is 0 Å². The Morgan fingerprint density at radius 3 is 2.36 bits per heavy atom. The Balaban J connectivity index is 2.36. The van der Waals surface area contributed by atoms with E-state index in [9.17, 15) is 19.5 Å². The van der Waals surface area contributed by atoms with E-state index in [1.807, 2.05) is 6.92 Å². The van der Waals surface area contributed by atoms with Crippen LogP contribution >= 0.6 is 0 Å². The van der Waals surface area contributed by atoms with Crippen molar-refractivity contribution in [2.24, 2.45) is 0 Å². The molecule has 0 aliphatic carbocycles. The average molecular weight is 343 g/mol. The molecule has 0 unspecified atom stereocenters. The van der Waals surface area contributed by atoms with Gasteiger partial charge in [0, 0.05) is 20.1 Å². The van der Waals surface area contributed by atoms with Crippen molar-refractivity contribution < 1.29 is 9.90 Å². The first-order valence-electron chi connectivity index (χ1n) is 7.71. The Labute approximate surface area is 145 Å². The summed E-state index contributed by atoms with van der Waals surface area (Å²) < 4.78 is 0. The lowest BCUT2D eigenvalue weighted by Gasteiger charge is -2.20. The summed E-state index contributed by atoms with van der Waals surface area (Å²) in [4.78, 5) is 37.1.